The number of methoxy groups -OCH3 is 1. The maximum absolute atomic E-state index is 14.0. The number of β-lactam (4-membered cyclic amide) rings is 1. The third kappa shape index (κ3) is 6.10. The summed E-state index contributed by atoms with van der Waals surface area (Å²) < 4.78 is 47.1. The van der Waals surface area contributed by atoms with Crippen LogP contribution in [0.1, 0.15) is 37.7 Å². The van der Waals surface area contributed by atoms with Crippen LogP contribution >= 0.6 is 0 Å². The van der Waals surface area contributed by atoms with Crippen LogP contribution < -0.4 is 20.7 Å². The summed E-state index contributed by atoms with van der Waals surface area (Å²) >= 11 is 0. The molecule has 4 rings (SSSR count). The van der Waals surface area contributed by atoms with Crippen LogP contribution in [0.5, 0.6) is 5.75 Å². The largest absolute Gasteiger partial charge is 0.497 e. The van der Waals surface area contributed by atoms with E-state index in [2.05, 4.69) is 10.3 Å². The number of rotatable bonds is 7. The van der Waals surface area contributed by atoms with Crippen molar-refractivity contribution in [3.8, 4) is 5.75 Å². The molecule has 1 aromatic carbocycles. The number of alkyl halides is 3. The first-order chi connectivity index (χ1) is 18.5. The monoisotopic (exact) mass is 547 g/mol. The molecule has 1 aliphatic heterocycles. The molecule has 1 aliphatic carbocycles. The fourth-order valence-corrected chi connectivity index (χ4v) is 5.40. The topological polar surface area (TPSA) is 118 Å². The molecule has 9 nitrogen and oxygen atoms in total. The van der Waals surface area contributed by atoms with Crippen molar-refractivity contribution in [2.75, 3.05) is 24.8 Å². The smallest absolute Gasteiger partial charge is 0.408 e. The van der Waals surface area contributed by atoms with Crippen LogP contribution in [0.4, 0.5) is 29.5 Å². The normalized spacial score (nSPS) is 20.6. The maximum Gasteiger partial charge on any atom is 0.408 e. The lowest BCUT2D eigenvalue weighted by atomic mass is 9.81. The molecule has 4 amide bonds. The highest BCUT2D eigenvalue weighted by molar-refractivity contribution is 6.12. The van der Waals surface area contributed by atoms with E-state index in [1.807, 2.05) is 0 Å². The zero-order valence-electron chi connectivity index (χ0n) is 21.8. The van der Waals surface area contributed by atoms with Crippen molar-refractivity contribution in [1.29, 1.82) is 0 Å². The number of ether oxygens (including phenoxy) is 1. The average molecular weight is 548 g/mol. The average Bonchev–Trinajstić information content (AvgIpc) is 2.92. The van der Waals surface area contributed by atoms with Gasteiger partial charge < -0.3 is 20.7 Å². The quantitative estimate of drug-likeness (QED) is 0.508. The van der Waals surface area contributed by atoms with Crippen molar-refractivity contribution in [1.82, 2.24) is 15.2 Å². The number of urea groups is 1. The minimum Gasteiger partial charge on any atom is -0.497 e. The minimum absolute atomic E-state index is 0.0630. The van der Waals surface area contributed by atoms with E-state index in [0.29, 0.717) is 47.6 Å². The highest BCUT2D eigenvalue weighted by atomic mass is 19.4. The number of nitrogens with zero attached hydrogens (tertiary/aromatic N) is 3. The number of likely N-dealkylation sites (tertiary alicyclic amines) is 1. The summed E-state index contributed by atoms with van der Waals surface area (Å²) in [5, 5.41) is 2.06. The van der Waals surface area contributed by atoms with E-state index in [-0.39, 0.29) is 12.2 Å². The van der Waals surface area contributed by atoms with E-state index < -0.39 is 47.9 Å². The molecule has 0 radical (unpaired) electrons. The van der Waals surface area contributed by atoms with Crippen LogP contribution in [0.3, 0.4) is 0 Å². The summed E-state index contributed by atoms with van der Waals surface area (Å²) in [5.41, 5.74) is 6.82. The maximum atomic E-state index is 14.0. The first kappa shape index (κ1) is 28.2. The standard InChI is InChI=1S/C27H32F3N5O4/c1-34(18-8-10-19(39-2)11-9-18)25(37)22-20(14-16-12-13-32-21(31)15-16)24(36)35(22)26(38)33-23(27(28,29)30)17-6-4-3-5-7-17/h8-13,15,17,20,22-23H,3-7,14H2,1-2H3,(H2,31,32)(H,33,38)/t20-,22-,23?/m0/s1. The number of carbonyl (C=O) groups excluding carboxylic acids is 3. The fraction of sp³-hybridized carbons (Fsp3) is 0.481. The van der Waals surface area contributed by atoms with E-state index >= 15 is 0 Å². The third-order valence-corrected chi connectivity index (χ3v) is 7.53. The molecule has 3 atom stereocenters. The molecular formula is C27H32F3N5O4. The number of hydrogen-bond acceptors (Lipinski definition) is 6. The van der Waals surface area contributed by atoms with Crippen LogP contribution in [-0.4, -0.2) is 60.1 Å². The second-order valence-electron chi connectivity index (χ2n) is 10.0. The highest BCUT2D eigenvalue weighted by Gasteiger charge is 2.56. The molecule has 39 heavy (non-hydrogen) atoms. The van der Waals surface area contributed by atoms with Crippen LogP contribution in [0.25, 0.3) is 0 Å². The molecule has 2 aromatic rings. The molecule has 0 spiro atoms. The second-order valence-corrected chi connectivity index (χ2v) is 10.0. The molecule has 3 N–H and O–H groups in total. The number of anilines is 2. The van der Waals surface area contributed by atoms with Gasteiger partial charge in [0.05, 0.1) is 13.0 Å². The third-order valence-electron chi connectivity index (χ3n) is 7.53. The van der Waals surface area contributed by atoms with Crippen LogP contribution in [-0.2, 0) is 16.0 Å². The van der Waals surface area contributed by atoms with Gasteiger partial charge in [-0.15, -0.1) is 0 Å². The van der Waals surface area contributed by atoms with Gasteiger partial charge in [-0.25, -0.2) is 9.78 Å². The van der Waals surface area contributed by atoms with Crippen molar-refractivity contribution in [3.63, 3.8) is 0 Å². The van der Waals surface area contributed by atoms with Crippen LogP contribution in [0.2, 0.25) is 0 Å². The Labute approximate surface area is 224 Å². The summed E-state index contributed by atoms with van der Waals surface area (Å²) in [7, 11) is 2.98. The van der Waals surface area contributed by atoms with Gasteiger partial charge in [-0.05, 0) is 67.1 Å². The molecule has 2 aliphatic rings. The fourth-order valence-electron chi connectivity index (χ4n) is 5.40. The van der Waals surface area contributed by atoms with Crippen LogP contribution in [0.15, 0.2) is 42.6 Å². The second kappa shape index (κ2) is 11.5. The molecule has 2 heterocycles. The summed E-state index contributed by atoms with van der Waals surface area (Å²) in [5.74, 6) is -2.31. The Bertz CT molecular complexity index is 1200. The van der Waals surface area contributed by atoms with Gasteiger partial charge >= 0.3 is 12.2 Å². The van der Waals surface area contributed by atoms with Gasteiger partial charge in [0.2, 0.25) is 5.91 Å². The van der Waals surface area contributed by atoms with Crippen molar-refractivity contribution < 1.29 is 32.3 Å². The summed E-state index contributed by atoms with van der Waals surface area (Å²) in [6.07, 6.45) is -0.403. The van der Waals surface area contributed by atoms with Gasteiger partial charge in [0.15, 0.2) is 0 Å². The molecule has 1 unspecified atom stereocenters. The van der Waals surface area contributed by atoms with Gasteiger partial charge in [0, 0.05) is 18.9 Å². The Balaban J connectivity index is 1.60. The van der Waals surface area contributed by atoms with E-state index in [4.69, 9.17) is 10.5 Å². The van der Waals surface area contributed by atoms with Crippen molar-refractivity contribution >= 4 is 29.4 Å². The van der Waals surface area contributed by atoms with E-state index in [9.17, 15) is 27.6 Å². The van der Waals surface area contributed by atoms with Crippen LogP contribution in [0, 0.1) is 11.8 Å². The van der Waals surface area contributed by atoms with Gasteiger partial charge in [-0.3, -0.25) is 14.5 Å². The first-order valence-corrected chi connectivity index (χ1v) is 12.8. The number of likely N-dealkylation sites (N-methyl/N-ethyl adjacent to an activating group) is 1. The Morgan fingerprint density at radius 1 is 1.18 bits per heavy atom. The molecule has 1 aromatic heterocycles. The highest BCUT2D eigenvalue weighted by Crippen LogP contribution is 2.37. The Morgan fingerprint density at radius 2 is 1.85 bits per heavy atom. The number of nitrogens with two attached hydrogens (primary N) is 1. The lowest BCUT2D eigenvalue weighted by Gasteiger charge is -2.46. The number of hydrogen-bond donors (Lipinski definition) is 2. The van der Waals surface area contributed by atoms with E-state index in [1.54, 1.807) is 36.4 Å². The molecule has 12 heteroatoms. The van der Waals surface area contributed by atoms with Gasteiger partial charge in [0.1, 0.15) is 23.7 Å². The number of pyridine rings is 1. The minimum atomic E-state index is -4.70. The molecular weight excluding hydrogens is 515 g/mol. The SMILES string of the molecule is COc1ccc(N(C)C(=O)[C@@H]2[C@H](Cc3ccnc(N)c3)C(=O)N2C(=O)NC(C2CCCCC2)C(F)(F)F)cc1. The molecule has 0 bridgehead atoms. The lowest BCUT2D eigenvalue weighted by Crippen LogP contribution is -2.71. The molecule has 1 saturated carbocycles. The van der Waals surface area contributed by atoms with Gasteiger partial charge in [-0.2, -0.15) is 13.2 Å². The molecule has 210 valence electrons. The predicted molar refractivity (Wildman–Crippen MR) is 138 cm³/mol. The summed E-state index contributed by atoms with van der Waals surface area (Å²) in [4.78, 5) is 45.9. The lowest BCUT2D eigenvalue weighted by molar-refractivity contribution is -0.170. The number of imide groups is 1. The Kier molecular flexibility index (Phi) is 8.31. The number of benzene rings is 1. The zero-order valence-corrected chi connectivity index (χ0v) is 21.8. The Hall–Kier alpha value is -3.83. The van der Waals surface area contributed by atoms with E-state index in [0.717, 1.165) is 6.42 Å². The van der Waals surface area contributed by atoms with Gasteiger partial charge in [0.25, 0.3) is 5.91 Å². The van der Waals surface area contributed by atoms with Crippen molar-refractivity contribution in [3.05, 3.63) is 48.2 Å². The predicted octanol–water partition coefficient (Wildman–Crippen LogP) is 3.93. The Morgan fingerprint density at radius 3 is 2.44 bits per heavy atom. The first-order valence-electron chi connectivity index (χ1n) is 12.8. The van der Waals surface area contributed by atoms with Crippen molar-refractivity contribution in [2.45, 2.75) is 56.8 Å². The van der Waals surface area contributed by atoms with E-state index in [1.165, 1.54) is 25.3 Å². The van der Waals surface area contributed by atoms with Crippen molar-refractivity contribution in [2.24, 2.45) is 11.8 Å². The number of nitrogen functional groups attached to an aromatic ring is 1. The number of aromatic nitrogens is 1. The summed E-state index contributed by atoms with van der Waals surface area (Å²) in [6.45, 7) is 0. The number of halogens is 3. The molecule has 2 fully saturated rings. The number of carbonyl (C=O) groups is 3. The number of amides is 4. The molecule has 1 saturated heterocycles. The van der Waals surface area contributed by atoms with Gasteiger partial charge in [-0.1, -0.05) is 19.3 Å². The summed E-state index contributed by atoms with van der Waals surface area (Å²) in [6, 6.07) is 5.09. The number of nitrogens with one attached hydrogen (secondary N) is 1. The zero-order chi connectivity index (χ0) is 28.3.